The van der Waals surface area contributed by atoms with Gasteiger partial charge in [0.2, 0.25) is 0 Å². The number of carbonyl (C=O) groups is 1. The van der Waals surface area contributed by atoms with Gasteiger partial charge in [-0.15, -0.1) is 0 Å². The van der Waals surface area contributed by atoms with Crippen molar-refractivity contribution >= 4 is 6.09 Å². The maximum Gasteiger partial charge on any atom is 0.410 e. The molecule has 0 aromatic heterocycles. The van der Waals surface area contributed by atoms with Crippen molar-refractivity contribution in [3.63, 3.8) is 0 Å². The fraction of sp³-hybridized carbons (Fsp3) is 0.938. The van der Waals surface area contributed by atoms with Crippen LogP contribution < -0.4 is 5.32 Å². The van der Waals surface area contributed by atoms with Gasteiger partial charge in [0.1, 0.15) is 5.60 Å². The standard InChI is InChI=1S/C16H32N2O2/c1-6-7-12-17-13-8-10-14(11-9-13)18(5)15(19)20-16(2,3)4/h13-14,17H,6-12H2,1-5H3. The van der Waals surface area contributed by atoms with Crippen molar-refractivity contribution in [2.75, 3.05) is 13.6 Å². The molecule has 0 aromatic carbocycles. The molecule has 0 atom stereocenters. The monoisotopic (exact) mass is 284 g/mol. The summed E-state index contributed by atoms with van der Waals surface area (Å²) in [6.07, 6.45) is 6.74. The van der Waals surface area contributed by atoms with Crippen LogP contribution in [0.3, 0.4) is 0 Å². The number of carbonyl (C=O) groups excluding carboxylic acids is 1. The fourth-order valence-corrected chi connectivity index (χ4v) is 2.63. The van der Waals surface area contributed by atoms with E-state index in [0.717, 1.165) is 32.2 Å². The van der Waals surface area contributed by atoms with Crippen LogP contribution in [-0.2, 0) is 4.74 Å². The molecule has 0 unspecified atom stereocenters. The number of ether oxygens (including phenoxy) is 1. The lowest BCUT2D eigenvalue weighted by Crippen LogP contribution is -2.45. The second-order valence-electron chi connectivity index (χ2n) is 6.90. The normalized spacial score (nSPS) is 23.4. The summed E-state index contributed by atoms with van der Waals surface area (Å²) in [4.78, 5) is 13.8. The third-order valence-corrected chi connectivity index (χ3v) is 3.89. The highest BCUT2D eigenvalue weighted by Crippen LogP contribution is 2.23. The Hall–Kier alpha value is -0.770. The maximum absolute atomic E-state index is 12.0. The van der Waals surface area contributed by atoms with Crippen LogP contribution in [-0.4, -0.2) is 42.3 Å². The first kappa shape index (κ1) is 17.3. The molecule has 1 aliphatic carbocycles. The van der Waals surface area contributed by atoms with Gasteiger partial charge in [0, 0.05) is 19.1 Å². The highest BCUT2D eigenvalue weighted by Gasteiger charge is 2.28. The number of rotatable bonds is 5. The van der Waals surface area contributed by atoms with Crippen LogP contribution in [0.2, 0.25) is 0 Å². The molecule has 1 N–H and O–H groups in total. The average Bonchev–Trinajstić information content (AvgIpc) is 2.37. The van der Waals surface area contributed by atoms with Crippen LogP contribution in [0.15, 0.2) is 0 Å². The molecule has 0 heterocycles. The van der Waals surface area contributed by atoms with E-state index in [1.54, 1.807) is 4.90 Å². The largest absolute Gasteiger partial charge is 0.444 e. The smallest absolute Gasteiger partial charge is 0.410 e. The van der Waals surface area contributed by atoms with Crippen molar-refractivity contribution < 1.29 is 9.53 Å². The van der Waals surface area contributed by atoms with Crippen molar-refractivity contribution in [2.45, 2.75) is 83.9 Å². The summed E-state index contributed by atoms with van der Waals surface area (Å²) >= 11 is 0. The Morgan fingerprint density at radius 1 is 1.25 bits per heavy atom. The number of hydrogen-bond acceptors (Lipinski definition) is 3. The van der Waals surface area contributed by atoms with E-state index < -0.39 is 5.60 Å². The highest BCUT2D eigenvalue weighted by atomic mass is 16.6. The average molecular weight is 284 g/mol. The minimum absolute atomic E-state index is 0.195. The van der Waals surface area contributed by atoms with Gasteiger partial charge in [0.05, 0.1) is 0 Å². The van der Waals surface area contributed by atoms with Gasteiger partial charge in [-0.3, -0.25) is 0 Å². The zero-order valence-electron chi connectivity index (χ0n) is 13.9. The minimum atomic E-state index is -0.412. The summed E-state index contributed by atoms with van der Waals surface area (Å²) in [5, 5.41) is 3.61. The number of hydrogen-bond donors (Lipinski definition) is 1. The van der Waals surface area contributed by atoms with Gasteiger partial charge in [0.25, 0.3) is 0 Å². The van der Waals surface area contributed by atoms with Gasteiger partial charge in [-0.05, 0) is 59.4 Å². The molecule has 1 fully saturated rings. The highest BCUT2D eigenvalue weighted by molar-refractivity contribution is 5.68. The van der Waals surface area contributed by atoms with Gasteiger partial charge in [0.15, 0.2) is 0 Å². The molecule has 4 heteroatoms. The Morgan fingerprint density at radius 3 is 2.35 bits per heavy atom. The number of nitrogens with zero attached hydrogens (tertiary/aromatic N) is 1. The Labute approximate surface area is 124 Å². The predicted octanol–water partition coefficient (Wildman–Crippen LogP) is 3.55. The van der Waals surface area contributed by atoms with Crippen molar-refractivity contribution in [3.8, 4) is 0 Å². The second kappa shape index (κ2) is 7.87. The summed E-state index contributed by atoms with van der Waals surface area (Å²) in [7, 11) is 1.86. The summed E-state index contributed by atoms with van der Waals surface area (Å²) in [6.45, 7) is 9.07. The molecular weight excluding hydrogens is 252 g/mol. The lowest BCUT2D eigenvalue weighted by molar-refractivity contribution is 0.0179. The van der Waals surface area contributed by atoms with Gasteiger partial charge < -0.3 is 15.0 Å². The van der Waals surface area contributed by atoms with Gasteiger partial charge in [-0.25, -0.2) is 4.79 Å². The molecule has 0 aliphatic heterocycles. The summed E-state index contributed by atoms with van der Waals surface area (Å²) in [5.74, 6) is 0. The topological polar surface area (TPSA) is 41.6 Å². The minimum Gasteiger partial charge on any atom is -0.444 e. The van der Waals surface area contributed by atoms with Crippen LogP contribution >= 0.6 is 0 Å². The second-order valence-corrected chi connectivity index (χ2v) is 6.90. The first-order valence-electron chi connectivity index (χ1n) is 8.02. The van der Waals surface area contributed by atoms with Crippen LogP contribution in [0.1, 0.15) is 66.2 Å². The Morgan fingerprint density at radius 2 is 1.85 bits per heavy atom. The maximum atomic E-state index is 12.0. The zero-order valence-corrected chi connectivity index (χ0v) is 13.9. The summed E-state index contributed by atoms with van der Waals surface area (Å²) in [6, 6.07) is 0.957. The fourth-order valence-electron chi connectivity index (χ4n) is 2.63. The van der Waals surface area contributed by atoms with E-state index >= 15 is 0 Å². The Kier molecular flexibility index (Phi) is 6.80. The van der Waals surface area contributed by atoms with Gasteiger partial charge in [-0.2, -0.15) is 0 Å². The molecule has 1 rings (SSSR count). The molecule has 0 aromatic rings. The molecular formula is C16H32N2O2. The Balaban J connectivity index is 2.31. The SMILES string of the molecule is CCCCNC1CCC(N(C)C(=O)OC(C)(C)C)CC1. The van der Waals surface area contributed by atoms with E-state index in [1.807, 2.05) is 27.8 Å². The summed E-state index contributed by atoms with van der Waals surface area (Å²) < 4.78 is 5.43. The molecule has 1 amide bonds. The van der Waals surface area contributed by atoms with E-state index in [2.05, 4.69) is 12.2 Å². The van der Waals surface area contributed by atoms with Crippen molar-refractivity contribution in [3.05, 3.63) is 0 Å². The van der Waals surface area contributed by atoms with Crippen LogP contribution in [0.25, 0.3) is 0 Å². The number of amides is 1. The molecule has 118 valence electrons. The quantitative estimate of drug-likeness (QED) is 0.785. The van der Waals surface area contributed by atoms with Gasteiger partial charge >= 0.3 is 6.09 Å². The first-order valence-corrected chi connectivity index (χ1v) is 8.02. The molecule has 1 saturated carbocycles. The van der Waals surface area contributed by atoms with Crippen molar-refractivity contribution in [1.82, 2.24) is 10.2 Å². The van der Waals surface area contributed by atoms with Crippen LogP contribution in [0.4, 0.5) is 4.79 Å². The molecule has 0 saturated heterocycles. The zero-order chi connectivity index (χ0) is 15.2. The van der Waals surface area contributed by atoms with E-state index in [9.17, 15) is 4.79 Å². The number of nitrogens with one attached hydrogen (secondary N) is 1. The Bertz CT molecular complexity index is 291. The van der Waals surface area contributed by atoms with Crippen molar-refractivity contribution in [1.29, 1.82) is 0 Å². The van der Waals surface area contributed by atoms with Gasteiger partial charge in [-0.1, -0.05) is 13.3 Å². The lowest BCUT2D eigenvalue weighted by Gasteiger charge is -2.35. The molecule has 0 radical (unpaired) electrons. The van der Waals surface area contributed by atoms with Crippen LogP contribution in [0.5, 0.6) is 0 Å². The van der Waals surface area contributed by atoms with E-state index in [4.69, 9.17) is 4.74 Å². The van der Waals surface area contributed by atoms with Crippen molar-refractivity contribution in [2.24, 2.45) is 0 Å². The molecule has 1 aliphatic rings. The molecule has 4 nitrogen and oxygen atoms in total. The first-order chi connectivity index (χ1) is 9.33. The summed E-state index contributed by atoms with van der Waals surface area (Å²) in [5.41, 5.74) is -0.412. The third-order valence-electron chi connectivity index (χ3n) is 3.89. The van der Waals surface area contributed by atoms with E-state index in [1.165, 1.54) is 12.8 Å². The molecule has 0 spiro atoms. The molecule has 0 bridgehead atoms. The lowest BCUT2D eigenvalue weighted by atomic mass is 9.90. The molecule has 20 heavy (non-hydrogen) atoms. The third kappa shape index (κ3) is 6.12. The predicted molar refractivity (Wildman–Crippen MR) is 83.0 cm³/mol. The van der Waals surface area contributed by atoms with Crippen LogP contribution in [0, 0.1) is 0 Å². The number of unbranched alkanes of at least 4 members (excludes halogenated alkanes) is 1. The van der Waals surface area contributed by atoms with E-state index in [-0.39, 0.29) is 6.09 Å². The van der Waals surface area contributed by atoms with E-state index in [0.29, 0.717) is 12.1 Å².